The lowest BCUT2D eigenvalue weighted by molar-refractivity contribution is -0.448. The fraction of sp³-hybridized carbons (Fsp3) is 0.667. The topological polar surface area (TPSA) is 72.9 Å². The summed E-state index contributed by atoms with van der Waals surface area (Å²) < 4.78 is 0.347. The maximum absolute atomic E-state index is 10.1. The zero-order valence-corrected chi connectivity index (χ0v) is 3.98. The van der Waals surface area contributed by atoms with Crippen LogP contribution in [0.5, 0.6) is 0 Å². The quantitative estimate of drug-likeness (QED) is 0.298. The van der Waals surface area contributed by atoms with Crippen LogP contribution >= 0.6 is 0 Å². The Morgan fingerprint density at radius 2 is 2.38 bits per heavy atom. The van der Waals surface area contributed by atoms with Crippen molar-refractivity contribution in [3.63, 3.8) is 0 Å². The van der Waals surface area contributed by atoms with Crippen LogP contribution in [0.15, 0.2) is 4.99 Å². The van der Waals surface area contributed by atoms with E-state index in [1.54, 1.807) is 0 Å². The highest BCUT2D eigenvalue weighted by molar-refractivity contribution is 5.46. The van der Waals surface area contributed by atoms with E-state index in [1.807, 2.05) is 0 Å². The second-order valence-electron chi connectivity index (χ2n) is 1.59. The number of hydrogen-bond donors (Lipinski definition) is 2. The van der Waals surface area contributed by atoms with Crippen LogP contribution in [0.1, 0.15) is 0 Å². The summed E-state index contributed by atoms with van der Waals surface area (Å²) in [6.07, 6.45) is 0.833. The van der Waals surface area contributed by atoms with Crippen molar-refractivity contribution in [1.82, 2.24) is 0 Å². The number of aliphatic imine (C=N–C) groups is 1. The lowest BCUT2D eigenvalue weighted by Crippen LogP contribution is -2.28. The summed E-state index contributed by atoms with van der Waals surface area (Å²) in [5, 5.41) is 17.0. The van der Waals surface area contributed by atoms with E-state index in [-0.39, 0.29) is 0 Å². The molecule has 0 atom stereocenters. The molecule has 0 radical (unpaired) electrons. The Morgan fingerprint density at radius 1 is 1.75 bits per heavy atom. The fourth-order valence-electron chi connectivity index (χ4n) is 0.448. The van der Waals surface area contributed by atoms with Gasteiger partial charge in [0.05, 0.1) is 0 Å². The lowest BCUT2D eigenvalue weighted by atomic mass is 10.5. The number of aliphatic hydroxyl groups is 2. The average Bonchev–Trinajstić information content (AvgIpc) is 1.82. The number of β-amino-alcohol motifs (C(OH)–C–C–N with tert-alkyl or cyclic N) is 2. The zero-order valence-electron chi connectivity index (χ0n) is 3.98. The highest BCUT2D eigenvalue weighted by Gasteiger charge is 2.39. The molecule has 0 aromatic carbocycles. The van der Waals surface area contributed by atoms with Crippen molar-refractivity contribution in [2.45, 2.75) is 5.91 Å². The number of hydrogen-bond acceptors (Lipinski definition) is 4. The molecule has 0 spiro atoms. The van der Waals surface area contributed by atoms with Crippen molar-refractivity contribution in [2.24, 2.45) is 4.99 Å². The second-order valence-corrected chi connectivity index (χ2v) is 1.59. The van der Waals surface area contributed by atoms with E-state index in [9.17, 15) is 4.91 Å². The molecule has 0 aromatic heterocycles. The molecule has 0 aromatic rings. The van der Waals surface area contributed by atoms with Crippen LogP contribution in [-0.4, -0.2) is 33.8 Å². The largest absolute Gasteiger partial charge is 0.401 e. The molecular weight excluding hydrogens is 112 g/mol. The fourth-order valence-corrected chi connectivity index (χ4v) is 0.448. The Balaban J connectivity index is 2.72. The van der Waals surface area contributed by atoms with Crippen LogP contribution in [0.2, 0.25) is 0 Å². The number of rotatable bonds is 0. The Bertz CT molecular complexity index is 151. The van der Waals surface area contributed by atoms with Gasteiger partial charge < -0.3 is 10.2 Å². The predicted molar refractivity (Wildman–Crippen MR) is 24.2 cm³/mol. The first-order valence-electron chi connectivity index (χ1n) is 2.04. The summed E-state index contributed by atoms with van der Waals surface area (Å²) >= 11 is 0. The summed E-state index contributed by atoms with van der Waals surface area (Å²) in [6, 6.07) is 0. The molecule has 1 aliphatic rings. The van der Waals surface area contributed by atoms with Crippen molar-refractivity contribution in [1.29, 1.82) is 0 Å². The Hall–Kier alpha value is -0.810. The molecule has 0 saturated carbocycles. The van der Waals surface area contributed by atoms with Gasteiger partial charge in [0.25, 0.3) is 0 Å². The van der Waals surface area contributed by atoms with Gasteiger partial charge in [-0.25, -0.2) is 0 Å². The molecule has 1 rings (SSSR count). The third kappa shape index (κ3) is 0.877. The van der Waals surface area contributed by atoms with Gasteiger partial charge in [0.1, 0.15) is 0 Å². The third-order valence-corrected chi connectivity index (χ3v) is 0.761. The first-order chi connectivity index (χ1) is 3.60. The Labute approximate surface area is 44.9 Å². The SMILES string of the molecule is O=[N+]1C=NC(O)(O)C1. The van der Waals surface area contributed by atoms with Gasteiger partial charge >= 0.3 is 12.2 Å². The molecule has 5 nitrogen and oxygen atoms in total. The maximum atomic E-state index is 10.1. The number of nitrogens with zero attached hydrogens (tertiary/aromatic N) is 2. The van der Waals surface area contributed by atoms with E-state index in [0.717, 1.165) is 6.34 Å². The van der Waals surface area contributed by atoms with Crippen molar-refractivity contribution < 1.29 is 15.0 Å². The van der Waals surface area contributed by atoms with Gasteiger partial charge in [-0.15, -0.1) is 0 Å². The summed E-state index contributed by atoms with van der Waals surface area (Å²) in [5.74, 6) is -2.15. The van der Waals surface area contributed by atoms with Gasteiger partial charge in [0.15, 0.2) is 0 Å². The summed E-state index contributed by atoms with van der Waals surface area (Å²) in [5.41, 5.74) is 0. The summed E-state index contributed by atoms with van der Waals surface area (Å²) in [6.45, 7) is -0.396. The molecular formula is C3H5N2O3+. The summed E-state index contributed by atoms with van der Waals surface area (Å²) in [7, 11) is 0. The van der Waals surface area contributed by atoms with Crippen molar-refractivity contribution in [3.8, 4) is 0 Å². The van der Waals surface area contributed by atoms with Gasteiger partial charge in [-0.05, 0) is 9.75 Å². The van der Waals surface area contributed by atoms with Gasteiger partial charge in [-0.2, -0.15) is 0 Å². The minimum atomic E-state index is -2.15. The highest BCUT2D eigenvalue weighted by atomic mass is 16.5. The molecule has 8 heavy (non-hydrogen) atoms. The second kappa shape index (κ2) is 1.33. The standard InChI is InChI=1S/C3H5N2O3/c6-3(7)1-5(8)2-4-3/h2,6-7H,1H2/q+1. The van der Waals surface area contributed by atoms with Gasteiger partial charge in [-0.1, -0.05) is 4.91 Å². The molecule has 5 heteroatoms. The van der Waals surface area contributed by atoms with Crippen LogP contribution in [0.3, 0.4) is 0 Å². The molecule has 2 N–H and O–H groups in total. The zero-order chi connectivity index (χ0) is 6.20. The van der Waals surface area contributed by atoms with E-state index in [2.05, 4.69) is 4.99 Å². The first kappa shape index (κ1) is 5.33. The van der Waals surface area contributed by atoms with E-state index in [0.29, 0.717) is 4.76 Å². The number of nitroso groups, excluding NO2 is 1. The highest BCUT2D eigenvalue weighted by Crippen LogP contribution is 2.04. The minimum Gasteiger partial charge on any atom is -0.324 e. The first-order valence-corrected chi connectivity index (χ1v) is 2.04. The van der Waals surface area contributed by atoms with E-state index < -0.39 is 12.5 Å². The molecule has 1 heterocycles. The predicted octanol–water partition coefficient (Wildman–Crippen LogP) is -1.55. The van der Waals surface area contributed by atoms with Gasteiger partial charge in [0.2, 0.25) is 6.54 Å². The lowest BCUT2D eigenvalue weighted by Gasteiger charge is -1.96. The van der Waals surface area contributed by atoms with Crippen molar-refractivity contribution >= 4 is 6.34 Å². The van der Waals surface area contributed by atoms with Crippen LogP contribution in [0.4, 0.5) is 0 Å². The normalized spacial score (nSPS) is 24.5. The van der Waals surface area contributed by atoms with Crippen molar-refractivity contribution in [2.75, 3.05) is 6.54 Å². The smallest absolute Gasteiger partial charge is 0.324 e. The molecule has 44 valence electrons. The molecule has 0 amide bonds. The molecule has 0 bridgehead atoms. The molecule has 0 fully saturated rings. The molecule has 0 saturated heterocycles. The van der Waals surface area contributed by atoms with Gasteiger partial charge in [-0.3, -0.25) is 0 Å². The minimum absolute atomic E-state index is 0.347. The average molecular weight is 117 g/mol. The molecule has 0 unspecified atom stereocenters. The monoisotopic (exact) mass is 117 g/mol. The van der Waals surface area contributed by atoms with E-state index >= 15 is 0 Å². The van der Waals surface area contributed by atoms with E-state index in [1.165, 1.54) is 0 Å². The summed E-state index contributed by atoms with van der Waals surface area (Å²) in [4.78, 5) is 13.2. The van der Waals surface area contributed by atoms with Crippen molar-refractivity contribution in [3.05, 3.63) is 4.91 Å². The Kier molecular flexibility index (Phi) is 0.887. The van der Waals surface area contributed by atoms with Crippen LogP contribution < -0.4 is 0 Å². The molecule has 0 aliphatic carbocycles. The maximum Gasteiger partial charge on any atom is 0.401 e. The van der Waals surface area contributed by atoms with Crippen LogP contribution in [-0.2, 0) is 0 Å². The van der Waals surface area contributed by atoms with Crippen LogP contribution in [0.25, 0.3) is 0 Å². The van der Waals surface area contributed by atoms with E-state index in [4.69, 9.17) is 10.2 Å². The third-order valence-electron chi connectivity index (χ3n) is 0.761. The van der Waals surface area contributed by atoms with Gasteiger partial charge in [0, 0.05) is 0 Å². The Morgan fingerprint density at radius 3 is 2.50 bits per heavy atom. The molecule has 1 aliphatic heterocycles. The van der Waals surface area contributed by atoms with Crippen LogP contribution in [0, 0.1) is 4.91 Å².